The lowest BCUT2D eigenvalue weighted by atomic mass is 10.1. The van der Waals surface area contributed by atoms with Crippen molar-refractivity contribution in [2.75, 3.05) is 13.6 Å². The molecule has 0 radical (unpaired) electrons. The number of hydrogen-bond acceptors (Lipinski definition) is 7. The van der Waals surface area contributed by atoms with Gasteiger partial charge in [0.25, 0.3) is 5.56 Å². The Bertz CT molecular complexity index is 1400. The van der Waals surface area contributed by atoms with E-state index in [1.807, 2.05) is 52.2 Å². The van der Waals surface area contributed by atoms with Gasteiger partial charge in [-0.05, 0) is 31.5 Å². The van der Waals surface area contributed by atoms with Crippen molar-refractivity contribution < 1.29 is 4.52 Å². The van der Waals surface area contributed by atoms with Crippen molar-refractivity contribution in [2.45, 2.75) is 19.4 Å². The largest absolute Gasteiger partial charge is 0.361 e. The fraction of sp³-hybridized carbons (Fsp3) is 0.273. The lowest BCUT2D eigenvalue weighted by molar-refractivity contribution is 0.304. The van der Waals surface area contributed by atoms with Gasteiger partial charge >= 0.3 is 0 Å². The summed E-state index contributed by atoms with van der Waals surface area (Å²) in [5.74, 6) is 2.27. The first kappa shape index (κ1) is 19.7. The Morgan fingerprint density at radius 2 is 2.00 bits per heavy atom. The van der Waals surface area contributed by atoms with Gasteiger partial charge in [0.05, 0.1) is 12.1 Å². The Morgan fingerprint density at radius 3 is 2.84 bits per heavy atom. The number of fused-ring (bicyclic) bond motifs is 3. The molecule has 5 aromatic rings. The molecule has 158 valence electrons. The number of hydrogen-bond donors (Lipinski definition) is 0. The third-order valence-corrected chi connectivity index (χ3v) is 6.29. The fourth-order valence-corrected chi connectivity index (χ4v) is 4.63. The average molecular weight is 435 g/mol. The van der Waals surface area contributed by atoms with Gasteiger partial charge in [-0.25, -0.2) is 0 Å². The van der Waals surface area contributed by atoms with E-state index in [-0.39, 0.29) is 5.56 Å². The van der Waals surface area contributed by atoms with Gasteiger partial charge in [-0.2, -0.15) is 0 Å². The number of aromatic nitrogens is 5. The van der Waals surface area contributed by atoms with Crippen molar-refractivity contribution in [3.05, 3.63) is 69.8 Å². The molecule has 0 aliphatic carbocycles. The summed E-state index contributed by atoms with van der Waals surface area (Å²) in [4.78, 5) is 14.7. The van der Waals surface area contributed by atoms with E-state index in [1.54, 1.807) is 11.6 Å². The van der Waals surface area contributed by atoms with E-state index in [1.165, 1.54) is 11.3 Å². The van der Waals surface area contributed by atoms with Crippen LogP contribution in [0.1, 0.15) is 18.0 Å². The molecule has 5 rings (SSSR count). The zero-order chi connectivity index (χ0) is 21.4. The van der Waals surface area contributed by atoms with Crippen LogP contribution in [0.3, 0.4) is 0 Å². The maximum absolute atomic E-state index is 12.5. The van der Waals surface area contributed by atoms with Crippen LogP contribution < -0.4 is 5.56 Å². The predicted molar refractivity (Wildman–Crippen MR) is 120 cm³/mol. The van der Waals surface area contributed by atoms with Gasteiger partial charge in [-0.1, -0.05) is 35.5 Å². The standard InChI is InChI=1S/C22H22N6O2S/c1-26(11-6-9-16-13-17(25-30-16)15-7-4-3-5-8-15)14-19-23-24-22-27(2)21(29)20-18(28(19)22)10-12-31-20/h3-5,7-8,10,12-13H,6,9,11,14H2,1-2H3. The highest BCUT2D eigenvalue weighted by Gasteiger charge is 2.16. The highest BCUT2D eigenvalue weighted by atomic mass is 32.1. The minimum absolute atomic E-state index is 0.0354. The van der Waals surface area contributed by atoms with Crippen LogP contribution >= 0.6 is 11.3 Å². The number of thiophene rings is 1. The smallest absolute Gasteiger partial charge is 0.272 e. The number of benzene rings is 1. The Kier molecular flexibility index (Phi) is 5.13. The Hall–Kier alpha value is -3.30. The first-order valence-corrected chi connectivity index (χ1v) is 11.0. The maximum atomic E-state index is 12.5. The molecule has 31 heavy (non-hydrogen) atoms. The maximum Gasteiger partial charge on any atom is 0.272 e. The second-order valence-corrected chi connectivity index (χ2v) is 8.55. The molecular formula is C22H22N6O2S. The number of nitrogens with zero attached hydrogens (tertiary/aromatic N) is 6. The lowest BCUT2D eigenvalue weighted by Crippen LogP contribution is -2.23. The molecule has 0 saturated heterocycles. The molecule has 0 saturated carbocycles. The van der Waals surface area contributed by atoms with Gasteiger partial charge < -0.3 is 4.52 Å². The highest BCUT2D eigenvalue weighted by Crippen LogP contribution is 2.21. The SMILES string of the molecule is CN(CCCc1cc(-c2ccccc2)no1)Cc1nnc2n(C)c(=O)c3sccc3n12. The van der Waals surface area contributed by atoms with Crippen molar-refractivity contribution in [3.63, 3.8) is 0 Å². The summed E-state index contributed by atoms with van der Waals surface area (Å²) in [6.07, 6.45) is 1.75. The van der Waals surface area contributed by atoms with Gasteiger partial charge in [-0.3, -0.25) is 18.7 Å². The van der Waals surface area contributed by atoms with Crippen LogP contribution in [-0.4, -0.2) is 42.8 Å². The minimum atomic E-state index is -0.0354. The van der Waals surface area contributed by atoms with Crippen molar-refractivity contribution in [2.24, 2.45) is 7.05 Å². The van der Waals surface area contributed by atoms with Crippen LogP contribution in [0, 0.1) is 0 Å². The molecule has 0 unspecified atom stereocenters. The second-order valence-electron chi connectivity index (χ2n) is 7.64. The van der Waals surface area contributed by atoms with E-state index in [0.717, 1.165) is 52.4 Å². The molecule has 0 fully saturated rings. The van der Waals surface area contributed by atoms with Gasteiger partial charge in [-0.15, -0.1) is 21.5 Å². The zero-order valence-corrected chi connectivity index (χ0v) is 18.2. The number of rotatable bonds is 7. The van der Waals surface area contributed by atoms with Crippen LogP contribution in [0.15, 0.2) is 57.2 Å². The predicted octanol–water partition coefficient (Wildman–Crippen LogP) is 3.36. The zero-order valence-electron chi connectivity index (χ0n) is 17.4. The van der Waals surface area contributed by atoms with Crippen molar-refractivity contribution in [1.29, 1.82) is 0 Å². The molecule has 1 aromatic carbocycles. The van der Waals surface area contributed by atoms with Crippen LogP contribution in [0.5, 0.6) is 0 Å². The first-order chi connectivity index (χ1) is 15.1. The molecule has 4 aromatic heterocycles. The van der Waals surface area contributed by atoms with E-state index in [4.69, 9.17) is 4.52 Å². The lowest BCUT2D eigenvalue weighted by Gasteiger charge is -2.15. The fourth-order valence-electron chi connectivity index (χ4n) is 3.77. The molecule has 0 N–H and O–H groups in total. The second kappa shape index (κ2) is 8.09. The normalized spacial score (nSPS) is 11.8. The van der Waals surface area contributed by atoms with Gasteiger partial charge in [0, 0.05) is 25.1 Å². The van der Waals surface area contributed by atoms with Gasteiger partial charge in [0.2, 0.25) is 5.78 Å². The minimum Gasteiger partial charge on any atom is -0.361 e. The monoisotopic (exact) mass is 434 g/mol. The summed E-state index contributed by atoms with van der Waals surface area (Å²) in [5.41, 5.74) is 2.75. The van der Waals surface area contributed by atoms with Crippen LogP contribution in [-0.2, 0) is 20.0 Å². The van der Waals surface area contributed by atoms with E-state index in [9.17, 15) is 4.79 Å². The highest BCUT2D eigenvalue weighted by molar-refractivity contribution is 7.17. The molecule has 4 heterocycles. The summed E-state index contributed by atoms with van der Waals surface area (Å²) in [6, 6.07) is 14.0. The summed E-state index contributed by atoms with van der Waals surface area (Å²) < 4.78 is 9.76. The Labute approximate surface area is 182 Å². The van der Waals surface area contributed by atoms with E-state index < -0.39 is 0 Å². The third-order valence-electron chi connectivity index (χ3n) is 5.40. The third kappa shape index (κ3) is 3.66. The molecule has 0 aliphatic heterocycles. The molecule has 0 amide bonds. The molecule has 0 bridgehead atoms. The molecule has 8 nitrogen and oxygen atoms in total. The molecule has 0 spiro atoms. The van der Waals surface area contributed by atoms with Crippen LogP contribution in [0.2, 0.25) is 0 Å². The van der Waals surface area contributed by atoms with Gasteiger partial charge in [0.15, 0.2) is 5.82 Å². The van der Waals surface area contributed by atoms with Crippen molar-refractivity contribution in [1.82, 2.24) is 29.2 Å². The van der Waals surface area contributed by atoms with Crippen molar-refractivity contribution >= 4 is 27.3 Å². The Morgan fingerprint density at radius 1 is 1.16 bits per heavy atom. The molecule has 0 aliphatic rings. The van der Waals surface area contributed by atoms with Crippen LogP contribution in [0.4, 0.5) is 0 Å². The molecule has 0 atom stereocenters. The van der Waals surface area contributed by atoms with E-state index in [2.05, 4.69) is 27.3 Å². The quantitative estimate of drug-likeness (QED) is 0.391. The molecule has 9 heteroatoms. The van der Waals surface area contributed by atoms with Gasteiger partial charge in [0.1, 0.15) is 16.2 Å². The van der Waals surface area contributed by atoms with Crippen molar-refractivity contribution in [3.8, 4) is 11.3 Å². The topological polar surface area (TPSA) is 81.5 Å². The molecular weight excluding hydrogens is 412 g/mol. The number of aryl methyl sites for hydroxylation is 2. The first-order valence-electron chi connectivity index (χ1n) is 10.1. The van der Waals surface area contributed by atoms with E-state index in [0.29, 0.717) is 12.3 Å². The van der Waals surface area contributed by atoms with Crippen LogP contribution in [0.25, 0.3) is 27.3 Å². The average Bonchev–Trinajstić information content (AvgIpc) is 3.52. The Balaban J connectivity index is 1.26. The summed E-state index contributed by atoms with van der Waals surface area (Å²) in [6.45, 7) is 1.50. The summed E-state index contributed by atoms with van der Waals surface area (Å²) in [7, 11) is 3.80. The summed E-state index contributed by atoms with van der Waals surface area (Å²) in [5, 5.41) is 14.7. The summed E-state index contributed by atoms with van der Waals surface area (Å²) >= 11 is 1.45. The van der Waals surface area contributed by atoms with E-state index >= 15 is 0 Å².